The number of amides is 1. The summed E-state index contributed by atoms with van der Waals surface area (Å²) in [6, 6.07) is 4.28. The lowest BCUT2D eigenvalue weighted by molar-refractivity contribution is -0.116. The Labute approximate surface area is 131 Å². The zero-order chi connectivity index (χ0) is 16.0. The van der Waals surface area contributed by atoms with Crippen LogP contribution in [0.1, 0.15) is 36.3 Å². The molecule has 1 amide bonds. The Kier molecular flexibility index (Phi) is 3.07. The Morgan fingerprint density at radius 2 is 2.17 bits per heavy atom. The number of aromatic amines is 1. The summed E-state index contributed by atoms with van der Waals surface area (Å²) in [5.74, 6) is -0.595. The van der Waals surface area contributed by atoms with Gasteiger partial charge in [0.05, 0.1) is 17.3 Å². The van der Waals surface area contributed by atoms with Crippen molar-refractivity contribution in [2.75, 3.05) is 5.32 Å². The fourth-order valence-corrected chi connectivity index (χ4v) is 2.96. The summed E-state index contributed by atoms with van der Waals surface area (Å²) < 4.78 is 13.6. The lowest BCUT2D eigenvalue weighted by Gasteiger charge is -2.11. The van der Waals surface area contributed by atoms with Gasteiger partial charge < -0.3 is 5.32 Å². The van der Waals surface area contributed by atoms with Gasteiger partial charge in [-0.1, -0.05) is 6.92 Å². The Bertz CT molecular complexity index is 920. The van der Waals surface area contributed by atoms with E-state index in [4.69, 9.17) is 0 Å². The number of nitrogens with one attached hydrogen (secondary N) is 2. The molecule has 3 heterocycles. The Morgan fingerprint density at radius 3 is 3.00 bits per heavy atom. The number of anilines is 1. The molecule has 1 aromatic carbocycles. The topological polar surface area (TPSA) is 83.6 Å². The summed E-state index contributed by atoms with van der Waals surface area (Å²) in [6.45, 7) is 2.03. The van der Waals surface area contributed by atoms with Crippen molar-refractivity contribution in [1.82, 2.24) is 20.2 Å². The number of benzene rings is 1. The van der Waals surface area contributed by atoms with Crippen LogP contribution < -0.4 is 5.32 Å². The molecule has 116 valence electrons. The van der Waals surface area contributed by atoms with Crippen molar-refractivity contribution < 1.29 is 9.18 Å². The molecule has 0 bridgehead atoms. The smallest absolute Gasteiger partial charge is 0.238 e. The van der Waals surface area contributed by atoms with Crippen LogP contribution in [0.25, 0.3) is 11.0 Å². The van der Waals surface area contributed by atoms with Gasteiger partial charge in [0.2, 0.25) is 5.91 Å². The number of carbonyl (C=O) groups excluding carboxylic acids is 1. The highest BCUT2D eigenvalue weighted by Crippen LogP contribution is 2.38. The van der Waals surface area contributed by atoms with Crippen LogP contribution in [0.5, 0.6) is 0 Å². The second kappa shape index (κ2) is 5.12. The molecule has 0 saturated carbocycles. The number of nitrogens with zero attached hydrogens (tertiary/aromatic N) is 3. The van der Waals surface area contributed by atoms with E-state index in [-0.39, 0.29) is 11.7 Å². The van der Waals surface area contributed by atoms with Gasteiger partial charge in [0, 0.05) is 12.1 Å². The second-order valence-electron chi connectivity index (χ2n) is 5.56. The number of hydrogen-bond acceptors (Lipinski definition) is 4. The Morgan fingerprint density at radius 1 is 1.30 bits per heavy atom. The predicted molar refractivity (Wildman–Crippen MR) is 82.6 cm³/mol. The number of aromatic nitrogens is 4. The molecule has 1 aliphatic heterocycles. The van der Waals surface area contributed by atoms with E-state index in [9.17, 15) is 9.18 Å². The van der Waals surface area contributed by atoms with Gasteiger partial charge in [-0.2, -0.15) is 5.10 Å². The van der Waals surface area contributed by atoms with Crippen LogP contribution >= 0.6 is 0 Å². The summed E-state index contributed by atoms with van der Waals surface area (Å²) >= 11 is 0. The van der Waals surface area contributed by atoms with Crippen molar-refractivity contribution in [2.24, 2.45) is 0 Å². The van der Waals surface area contributed by atoms with E-state index in [1.165, 1.54) is 12.1 Å². The first-order valence-electron chi connectivity index (χ1n) is 7.47. The molecular weight excluding hydrogens is 297 g/mol. The maximum Gasteiger partial charge on any atom is 0.238 e. The number of H-pyrrole nitrogens is 1. The molecule has 1 unspecified atom stereocenters. The minimum atomic E-state index is -0.653. The number of hydrogen-bond donors (Lipinski definition) is 2. The lowest BCUT2D eigenvalue weighted by Crippen LogP contribution is -2.16. The van der Waals surface area contributed by atoms with Gasteiger partial charge in [0.15, 0.2) is 5.65 Å². The van der Waals surface area contributed by atoms with Crippen molar-refractivity contribution >= 4 is 22.6 Å². The van der Waals surface area contributed by atoms with Crippen LogP contribution in [0.3, 0.4) is 0 Å². The fourth-order valence-electron chi connectivity index (χ4n) is 2.96. The molecule has 1 atom stereocenters. The number of rotatable bonds is 3. The number of carbonyl (C=O) groups is 1. The predicted octanol–water partition coefficient (Wildman–Crippen LogP) is 2.53. The van der Waals surface area contributed by atoms with E-state index in [1.54, 1.807) is 12.3 Å². The number of aryl methyl sites for hydroxylation is 1. The van der Waals surface area contributed by atoms with Crippen LogP contribution in [0.4, 0.5) is 10.1 Å². The molecule has 0 spiro atoms. The average molecular weight is 311 g/mol. The average Bonchev–Trinajstić information content (AvgIpc) is 3.10. The molecule has 0 saturated heterocycles. The third-order valence-electron chi connectivity index (χ3n) is 3.98. The molecule has 0 fully saturated rings. The highest BCUT2D eigenvalue weighted by molar-refractivity contribution is 6.06. The van der Waals surface area contributed by atoms with Gasteiger partial charge in [-0.3, -0.25) is 9.89 Å². The molecular formula is C16H14FN5O. The van der Waals surface area contributed by atoms with E-state index in [0.717, 1.165) is 6.42 Å². The molecule has 2 aromatic heterocycles. The third-order valence-corrected chi connectivity index (χ3v) is 3.98. The third kappa shape index (κ3) is 2.16. The largest absolute Gasteiger partial charge is 0.325 e. The first-order chi connectivity index (χ1) is 11.2. The molecule has 1 aliphatic rings. The fraction of sp³-hybridized carbons (Fsp3) is 0.250. The SMILES string of the molecule is CCCc1nc(C2C(=O)Nc3ccc(F)cc32)c2cn[nH]c2n1. The summed E-state index contributed by atoms with van der Waals surface area (Å²) in [7, 11) is 0. The van der Waals surface area contributed by atoms with Gasteiger partial charge in [0.25, 0.3) is 0 Å². The number of fused-ring (bicyclic) bond motifs is 2. The minimum absolute atomic E-state index is 0.214. The van der Waals surface area contributed by atoms with Crippen molar-refractivity contribution in [3.63, 3.8) is 0 Å². The van der Waals surface area contributed by atoms with Gasteiger partial charge in [-0.15, -0.1) is 0 Å². The van der Waals surface area contributed by atoms with Crippen molar-refractivity contribution in [3.05, 3.63) is 47.3 Å². The van der Waals surface area contributed by atoms with Crippen molar-refractivity contribution in [3.8, 4) is 0 Å². The normalized spacial score (nSPS) is 16.6. The minimum Gasteiger partial charge on any atom is -0.325 e. The quantitative estimate of drug-likeness (QED) is 0.778. The van der Waals surface area contributed by atoms with Crippen LogP contribution in [-0.2, 0) is 11.2 Å². The molecule has 23 heavy (non-hydrogen) atoms. The van der Waals surface area contributed by atoms with Crippen molar-refractivity contribution in [2.45, 2.75) is 25.7 Å². The number of halogens is 1. The first-order valence-corrected chi connectivity index (χ1v) is 7.47. The summed E-state index contributed by atoms with van der Waals surface area (Å²) in [5.41, 5.74) is 2.37. The van der Waals surface area contributed by atoms with E-state index >= 15 is 0 Å². The second-order valence-corrected chi connectivity index (χ2v) is 5.56. The molecule has 6 nitrogen and oxygen atoms in total. The standard InChI is InChI=1S/C16H14FN5O/c1-2-3-12-20-14(10-7-18-22-15(10)21-12)13-9-6-8(17)4-5-11(9)19-16(13)23/h4-7,13H,2-3H2,1H3,(H,19,23)(H,18,20,21,22). The summed E-state index contributed by atoms with van der Waals surface area (Å²) in [5, 5.41) is 10.3. The van der Waals surface area contributed by atoms with E-state index in [2.05, 4.69) is 25.5 Å². The highest BCUT2D eigenvalue weighted by atomic mass is 19.1. The molecule has 4 rings (SSSR count). The summed E-state index contributed by atoms with van der Waals surface area (Å²) in [4.78, 5) is 21.4. The van der Waals surface area contributed by atoms with Crippen molar-refractivity contribution in [1.29, 1.82) is 0 Å². The van der Waals surface area contributed by atoms with Crippen LogP contribution in [0.2, 0.25) is 0 Å². The van der Waals surface area contributed by atoms with E-state index < -0.39 is 5.92 Å². The van der Waals surface area contributed by atoms with Crippen LogP contribution in [-0.4, -0.2) is 26.1 Å². The zero-order valence-electron chi connectivity index (χ0n) is 12.4. The maximum absolute atomic E-state index is 13.6. The maximum atomic E-state index is 13.6. The van der Waals surface area contributed by atoms with Crippen LogP contribution in [0.15, 0.2) is 24.4 Å². The molecule has 0 radical (unpaired) electrons. The monoisotopic (exact) mass is 311 g/mol. The first kappa shape index (κ1) is 13.8. The lowest BCUT2D eigenvalue weighted by atomic mass is 9.95. The Hall–Kier alpha value is -2.83. The molecule has 0 aliphatic carbocycles. The van der Waals surface area contributed by atoms with Gasteiger partial charge in [-0.25, -0.2) is 14.4 Å². The molecule has 3 aromatic rings. The summed E-state index contributed by atoms with van der Waals surface area (Å²) in [6.07, 6.45) is 3.19. The van der Waals surface area contributed by atoms with Gasteiger partial charge in [0.1, 0.15) is 17.6 Å². The Balaban J connectivity index is 1.94. The van der Waals surface area contributed by atoms with Gasteiger partial charge >= 0.3 is 0 Å². The zero-order valence-corrected chi connectivity index (χ0v) is 12.4. The van der Waals surface area contributed by atoms with E-state index in [0.29, 0.717) is 40.2 Å². The molecule has 7 heteroatoms. The highest BCUT2D eigenvalue weighted by Gasteiger charge is 2.35. The van der Waals surface area contributed by atoms with Crippen LogP contribution in [0, 0.1) is 5.82 Å². The molecule has 2 N–H and O–H groups in total. The van der Waals surface area contributed by atoms with E-state index in [1.807, 2.05) is 6.92 Å². The van der Waals surface area contributed by atoms with Gasteiger partial charge in [-0.05, 0) is 30.2 Å².